The molecule has 0 fully saturated rings. The van der Waals surface area contributed by atoms with E-state index in [0.717, 1.165) is 15.7 Å². The molecule has 0 saturated heterocycles. The highest BCUT2D eigenvalue weighted by Gasteiger charge is 2.09. The van der Waals surface area contributed by atoms with Crippen LogP contribution in [0.4, 0.5) is 17.2 Å². The van der Waals surface area contributed by atoms with Crippen LogP contribution >= 0.6 is 15.9 Å². The molecule has 0 amide bonds. The van der Waals surface area contributed by atoms with Gasteiger partial charge in [-0.3, -0.25) is 0 Å². The van der Waals surface area contributed by atoms with Gasteiger partial charge in [-0.25, -0.2) is 4.98 Å². The van der Waals surface area contributed by atoms with Crippen molar-refractivity contribution in [3.05, 3.63) is 34.6 Å². The maximum Gasteiger partial charge on any atom is 0.242 e. The topological polar surface area (TPSA) is 73.1 Å². The summed E-state index contributed by atoms with van der Waals surface area (Å²) in [5.74, 6) is 0.933. The van der Waals surface area contributed by atoms with E-state index in [4.69, 9.17) is 10.5 Å². The van der Waals surface area contributed by atoms with E-state index in [1.807, 2.05) is 32.0 Å². The molecule has 0 atom stereocenters. The Labute approximate surface area is 120 Å². The number of benzene rings is 1. The minimum Gasteiger partial charge on any atom is -0.476 e. The van der Waals surface area contributed by atoms with E-state index in [2.05, 4.69) is 31.2 Å². The summed E-state index contributed by atoms with van der Waals surface area (Å²) in [5.41, 5.74) is 8.41. The van der Waals surface area contributed by atoms with E-state index in [-0.39, 0.29) is 0 Å². The summed E-state index contributed by atoms with van der Waals surface area (Å²) in [6, 6.07) is 5.99. The van der Waals surface area contributed by atoms with Gasteiger partial charge < -0.3 is 15.8 Å². The highest BCUT2D eigenvalue weighted by molar-refractivity contribution is 9.10. The number of nitrogens with one attached hydrogen (secondary N) is 1. The van der Waals surface area contributed by atoms with Gasteiger partial charge in [0.15, 0.2) is 5.82 Å². The zero-order chi connectivity index (χ0) is 13.8. The molecular formula is C13H15BrN4O. The molecule has 0 aliphatic heterocycles. The highest BCUT2D eigenvalue weighted by atomic mass is 79.9. The van der Waals surface area contributed by atoms with Gasteiger partial charge in [-0.05, 0) is 37.6 Å². The number of rotatable bonds is 4. The third-order valence-electron chi connectivity index (χ3n) is 2.43. The Morgan fingerprint density at radius 2 is 2.11 bits per heavy atom. The SMILES string of the molecule is CCOc1ncnc(Nc2cc(C)cc(Br)c2)c1N. The highest BCUT2D eigenvalue weighted by Crippen LogP contribution is 2.28. The summed E-state index contributed by atoms with van der Waals surface area (Å²) in [6.45, 7) is 4.41. The Morgan fingerprint density at radius 3 is 2.79 bits per heavy atom. The molecule has 0 bridgehead atoms. The Bertz CT molecular complexity index is 569. The number of nitrogens with zero attached hydrogens (tertiary/aromatic N) is 2. The molecule has 5 nitrogen and oxygen atoms in total. The van der Waals surface area contributed by atoms with Crippen LogP contribution in [0.25, 0.3) is 0 Å². The monoisotopic (exact) mass is 322 g/mol. The number of halogens is 1. The lowest BCUT2D eigenvalue weighted by atomic mass is 10.2. The molecule has 0 radical (unpaired) electrons. The number of hydrogen-bond donors (Lipinski definition) is 2. The Morgan fingerprint density at radius 1 is 1.32 bits per heavy atom. The Balaban J connectivity index is 2.30. The zero-order valence-electron chi connectivity index (χ0n) is 10.8. The first kappa shape index (κ1) is 13.6. The standard InChI is InChI=1S/C13H15BrN4O/c1-3-19-13-11(15)12(16-7-17-13)18-10-5-8(2)4-9(14)6-10/h4-7H,3,15H2,1-2H3,(H,16,17,18). The van der Waals surface area contributed by atoms with Crippen molar-refractivity contribution in [3.8, 4) is 5.88 Å². The van der Waals surface area contributed by atoms with Crippen molar-refractivity contribution in [1.82, 2.24) is 9.97 Å². The maximum absolute atomic E-state index is 5.97. The third kappa shape index (κ3) is 3.35. The number of anilines is 3. The number of aryl methyl sites for hydroxylation is 1. The Kier molecular flexibility index (Phi) is 4.21. The largest absolute Gasteiger partial charge is 0.476 e. The first-order chi connectivity index (χ1) is 9.10. The summed E-state index contributed by atoms with van der Waals surface area (Å²) in [4.78, 5) is 8.13. The molecule has 0 aliphatic carbocycles. The maximum atomic E-state index is 5.97. The molecule has 0 aliphatic rings. The molecule has 0 saturated carbocycles. The van der Waals surface area contributed by atoms with Crippen molar-refractivity contribution in [2.24, 2.45) is 0 Å². The van der Waals surface area contributed by atoms with Crippen molar-refractivity contribution < 1.29 is 4.74 Å². The van der Waals surface area contributed by atoms with E-state index in [1.165, 1.54) is 6.33 Å². The van der Waals surface area contributed by atoms with Gasteiger partial charge in [-0.1, -0.05) is 15.9 Å². The van der Waals surface area contributed by atoms with Gasteiger partial charge >= 0.3 is 0 Å². The lowest BCUT2D eigenvalue weighted by Crippen LogP contribution is -2.05. The van der Waals surface area contributed by atoms with Gasteiger partial charge in [0.05, 0.1) is 6.61 Å². The zero-order valence-corrected chi connectivity index (χ0v) is 12.4. The van der Waals surface area contributed by atoms with Gasteiger partial charge in [0.2, 0.25) is 5.88 Å². The van der Waals surface area contributed by atoms with E-state index in [1.54, 1.807) is 0 Å². The molecule has 3 N–H and O–H groups in total. The average molecular weight is 323 g/mol. The molecule has 1 aromatic heterocycles. The third-order valence-corrected chi connectivity index (χ3v) is 2.89. The minimum atomic E-state index is 0.395. The fourth-order valence-electron chi connectivity index (χ4n) is 1.68. The first-order valence-electron chi connectivity index (χ1n) is 5.87. The molecular weight excluding hydrogens is 308 g/mol. The van der Waals surface area contributed by atoms with Crippen LogP contribution in [-0.2, 0) is 0 Å². The molecule has 1 aromatic carbocycles. The van der Waals surface area contributed by atoms with E-state index >= 15 is 0 Å². The fourth-order valence-corrected chi connectivity index (χ4v) is 2.28. The van der Waals surface area contributed by atoms with Crippen molar-refractivity contribution in [1.29, 1.82) is 0 Å². The van der Waals surface area contributed by atoms with Crippen LogP contribution in [0.1, 0.15) is 12.5 Å². The quantitative estimate of drug-likeness (QED) is 0.903. The van der Waals surface area contributed by atoms with Crippen LogP contribution in [0.5, 0.6) is 5.88 Å². The van der Waals surface area contributed by atoms with E-state index < -0.39 is 0 Å². The molecule has 100 valence electrons. The second-order valence-corrected chi connectivity index (χ2v) is 4.93. The summed E-state index contributed by atoms with van der Waals surface area (Å²) < 4.78 is 6.33. The van der Waals surface area contributed by atoms with Crippen LogP contribution < -0.4 is 15.8 Å². The summed E-state index contributed by atoms with van der Waals surface area (Å²) in [7, 11) is 0. The molecule has 2 rings (SSSR count). The van der Waals surface area contributed by atoms with Crippen molar-refractivity contribution in [2.75, 3.05) is 17.7 Å². The smallest absolute Gasteiger partial charge is 0.242 e. The molecule has 1 heterocycles. The molecule has 6 heteroatoms. The van der Waals surface area contributed by atoms with Crippen LogP contribution in [0.15, 0.2) is 29.0 Å². The van der Waals surface area contributed by atoms with Crippen LogP contribution in [0, 0.1) is 6.92 Å². The van der Waals surface area contributed by atoms with Gasteiger partial charge in [0.1, 0.15) is 12.0 Å². The first-order valence-corrected chi connectivity index (χ1v) is 6.67. The normalized spacial score (nSPS) is 10.3. The number of hydrogen-bond acceptors (Lipinski definition) is 5. The molecule has 19 heavy (non-hydrogen) atoms. The van der Waals surface area contributed by atoms with Crippen molar-refractivity contribution in [2.45, 2.75) is 13.8 Å². The van der Waals surface area contributed by atoms with Gasteiger partial charge in [0, 0.05) is 10.2 Å². The predicted octanol–water partition coefficient (Wildman–Crippen LogP) is 3.27. The van der Waals surface area contributed by atoms with E-state index in [9.17, 15) is 0 Å². The number of nitrogen functional groups attached to an aromatic ring is 1. The second kappa shape index (κ2) is 5.88. The number of nitrogens with two attached hydrogens (primary N) is 1. The lowest BCUT2D eigenvalue weighted by molar-refractivity contribution is 0.328. The summed E-state index contributed by atoms with van der Waals surface area (Å²) in [6.07, 6.45) is 1.43. The van der Waals surface area contributed by atoms with Gasteiger partial charge in [-0.15, -0.1) is 0 Å². The van der Waals surface area contributed by atoms with Crippen LogP contribution in [-0.4, -0.2) is 16.6 Å². The van der Waals surface area contributed by atoms with Gasteiger partial charge in [-0.2, -0.15) is 4.98 Å². The second-order valence-electron chi connectivity index (χ2n) is 4.02. The molecule has 0 unspecified atom stereocenters. The number of ether oxygens (including phenoxy) is 1. The fraction of sp³-hybridized carbons (Fsp3) is 0.231. The van der Waals surface area contributed by atoms with Crippen molar-refractivity contribution >= 4 is 33.1 Å². The Hall–Kier alpha value is -1.82. The minimum absolute atomic E-state index is 0.395. The van der Waals surface area contributed by atoms with Crippen LogP contribution in [0.3, 0.4) is 0 Å². The lowest BCUT2D eigenvalue weighted by Gasteiger charge is -2.11. The summed E-state index contributed by atoms with van der Waals surface area (Å²) in [5, 5.41) is 3.17. The van der Waals surface area contributed by atoms with Gasteiger partial charge in [0.25, 0.3) is 0 Å². The van der Waals surface area contributed by atoms with Crippen molar-refractivity contribution in [3.63, 3.8) is 0 Å². The number of aromatic nitrogens is 2. The average Bonchev–Trinajstić information content (AvgIpc) is 2.33. The van der Waals surface area contributed by atoms with Crippen LogP contribution in [0.2, 0.25) is 0 Å². The molecule has 0 spiro atoms. The molecule has 2 aromatic rings. The van der Waals surface area contributed by atoms with E-state index in [0.29, 0.717) is 24.0 Å². The summed E-state index contributed by atoms with van der Waals surface area (Å²) >= 11 is 3.46. The predicted molar refractivity (Wildman–Crippen MR) is 79.8 cm³/mol.